The lowest BCUT2D eigenvalue weighted by Crippen LogP contribution is -2.14. The zero-order chi connectivity index (χ0) is 14.2. The second-order valence-electron chi connectivity index (χ2n) is 3.73. The normalized spacial score (nSPS) is 10.8. The van der Waals surface area contributed by atoms with Crippen molar-refractivity contribution in [3.05, 3.63) is 51.5 Å². The number of nitrogens with zero attached hydrogens (tertiary/aromatic N) is 2. The lowest BCUT2D eigenvalue weighted by Gasteiger charge is -2.07. The Balaban J connectivity index is 2.59. The Morgan fingerprint density at radius 2 is 1.89 bits per heavy atom. The number of aryl methyl sites for hydroxylation is 1. The van der Waals surface area contributed by atoms with Crippen molar-refractivity contribution in [2.24, 2.45) is 0 Å². The number of ketones is 1. The number of carbonyl (C=O) groups excluding carboxylic acids is 1. The second-order valence-corrected chi connectivity index (χ2v) is 4.58. The standard InChI is InChI=1S/C12H8BrF3N2O/c1-2-18-11(7(13)5-17-18)12(19)10-8(15)3-6(14)4-9(10)16/h3-5H,2H2,1H3. The number of hydrogen-bond donors (Lipinski definition) is 0. The minimum atomic E-state index is -1.24. The summed E-state index contributed by atoms with van der Waals surface area (Å²) in [6.45, 7) is 2.09. The summed E-state index contributed by atoms with van der Waals surface area (Å²) in [5, 5.41) is 3.89. The highest BCUT2D eigenvalue weighted by Gasteiger charge is 2.25. The van der Waals surface area contributed by atoms with E-state index in [2.05, 4.69) is 21.0 Å². The van der Waals surface area contributed by atoms with E-state index in [0.29, 0.717) is 23.2 Å². The van der Waals surface area contributed by atoms with Gasteiger partial charge in [0.05, 0.1) is 16.2 Å². The van der Waals surface area contributed by atoms with Gasteiger partial charge in [0.1, 0.15) is 23.1 Å². The molecule has 0 aliphatic rings. The number of rotatable bonds is 3. The largest absolute Gasteiger partial charge is 0.287 e. The van der Waals surface area contributed by atoms with Crippen LogP contribution in [0.2, 0.25) is 0 Å². The molecule has 3 nitrogen and oxygen atoms in total. The summed E-state index contributed by atoms with van der Waals surface area (Å²) in [7, 11) is 0. The highest BCUT2D eigenvalue weighted by molar-refractivity contribution is 9.10. The summed E-state index contributed by atoms with van der Waals surface area (Å²) in [5.41, 5.74) is -0.774. The topological polar surface area (TPSA) is 34.9 Å². The Bertz CT molecular complexity index is 631. The fraction of sp³-hybridized carbons (Fsp3) is 0.167. The van der Waals surface area contributed by atoms with Gasteiger partial charge in [-0.2, -0.15) is 5.10 Å². The third-order valence-electron chi connectivity index (χ3n) is 2.54. The van der Waals surface area contributed by atoms with Gasteiger partial charge in [0.25, 0.3) is 0 Å². The number of hydrogen-bond acceptors (Lipinski definition) is 2. The fourth-order valence-electron chi connectivity index (χ4n) is 1.71. The highest BCUT2D eigenvalue weighted by atomic mass is 79.9. The average Bonchev–Trinajstić information content (AvgIpc) is 2.68. The van der Waals surface area contributed by atoms with Crippen LogP contribution in [0.1, 0.15) is 23.0 Å². The molecule has 1 aromatic heterocycles. The van der Waals surface area contributed by atoms with Gasteiger partial charge < -0.3 is 0 Å². The van der Waals surface area contributed by atoms with Gasteiger partial charge in [0, 0.05) is 18.7 Å². The molecule has 0 saturated carbocycles. The van der Waals surface area contributed by atoms with E-state index in [4.69, 9.17) is 0 Å². The number of aromatic nitrogens is 2. The second kappa shape index (κ2) is 5.16. The fourth-order valence-corrected chi connectivity index (χ4v) is 2.18. The van der Waals surface area contributed by atoms with Crippen molar-refractivity contribution in [3.8, 4) is 0 Å². The van der Waals surface area contributed by atoms with E-state index >= 15 is 0 Å². The number of benzene rings is 1. The quantitative estimate of drug-likeness (QED) is 0.808. The monoisotopic (exact) mass is 332 g/mol. The summed E-state index contributed by atoms with van der Waals surface area (Å²) in [6.07, 6.45) is 1.36. The molecular weight excluding hydrogens is 325 g/mol. The molecule has 0 spiro atoms. The summed E-state index contributed by atoms with van der Waals surface area (Å²) in [4.78, 5) is 12.2. The van der Waals surface area contributed by atoms with Crippen molar-refractivity contribution in [2.45, 2.75) is 13.5 Å². The van der Waals surface area contributed by atoms with Crippen LogP contribution in [0.3, 0.4) is 0 Å². The smallest absolute Gasteiger partial charge is 0.218 e. The van der Waals surface area contributed by atoms with Crippen molar-refractivity contribution in [1.82, 2.24) is 9.78 Å². The Labute approximate surface area is 115 Å². The summed E-state index contributed by atoms with van der Waals surface area (Å²) >= 11 is 3.10. The first kappa shape index (κ1) is 13.8. The van der Waals surface area contributed by atoms with E-state index in [9.17, 15) is 18.0 Å². The van der Waals surface area contributed by atoms with Crippen LogP contribution in [0.4, 0.5) is 13.2 Å². The third-order valence-corrected chi connectivity index (χ3v) is 3.12. The van der Waals surface area contributed by atoms with Crippen molar-refractivity contribution in [1.29, 1.82) is 0 Å². The van der Waals surface area contributed by atoms with Gasteiger partial charge in [0.15, 0.2) is 0 Å². The Morgan fingerprint density at radius 3 is 2.42 bits per heavy atom. The van der Waals surface area contributed by atoms with E-state index < -0.39 is 28.8 Å². The van der Waals surface area contributed by atoms with E-state index in [-0.39, 0.29) is 5.69 Å². The van der Waals surface area contributed by atoms with E-state index in [0.717, 1.165) is 0 Å². The molecule has 0 atom stereocenters. The average molecular weight is 333 g/mol. The van der Waals surface area contributed by atoms with Gasteiger partial charge in [0.2, 0.25) is 5.78 Å². The Hall–Kier alpha value is -1.63. The molecule has 0 fully saturated rings. The maximum atomic E-state index is 13.6. The van der Waals surface area contributed by atoms with Crippen LogP contribution < -0.4 is 0 Å². The zero-order valence-electron chi connectivity index (χ0n) is 9.75. The molecular formula is C12H8BrF3N2O. The Morgan fingerprint density at radius 1 is 1.32 bits per heavy atom. The van der Waals surface area contributed by atoms with Crippen molar-refractivity contribution >= 4 is 21.7 Å². The molecule has 2 aromatic rings. The van der Waals surface area contributed by atoms with Gasteiger partial charge in [-0.05, 0) is 22.9 Å². The van der Waals surface area contributed by atoms with Gasteiger partial charge in [-0.1, -0.05) is 0 Å². The lowest BCUT2D eigenvalue weighted by molar-refractivity contribution is 0.102. The van der Waals surface area contributed by atoms with Crippen LogP contribution in [0, 0.1) is 17.5 Å². The van der Waals surface area contributed by atoms with Gasteiger partial charge in [-0.15, -0.1) is 0 Å². The molecule has 2 rings (SSSR count). The first-order chi connectivity index (χ1) is 8.95. The molecule has 0 unspecified atom stereocenters. The minimum absolute atomic E-state index is 0.0203. The van der Waals surface area contributed by atoms with Crippen LogP contribution in [-0.2, 0) is 6.54 Å². The predicted octanol–water partition coefficient (Wildman–Crippen LogP) is 3.31. The zero-order valence-corrected chi connectivity index (χ0v) is 11.3. The summed E-state index contributed by atoms with van der Waals surface area (Å²) < 4.78 is 41.6. The third kappa shape index (κ3) is 2.42. The van der Waals surface area contributed by atoms with Crippen LogP contribution in [-0.4, -0.2) is 15.6 Å². The molecule has 0 amide bonds. The van der Waals surface area contributed by atoms with Crippen LogP contribution in [0.15, 0.2) is 22.8 Å². The minimum Gasteiger partial charge on any atom is -0.287 e. The molecule has 1 aromatic carbocycles. The molecule has 0 aliphatic carbocycles. The highest BCUT2D eigenvalue weighted by Crippen LogP contribution is 2.23. The van der Waals surface area contributed by atoms with Crippen LogP contribution >= 0.6 is 15.9 Å². The molecule has 1 heterocycles. The number of halogens is 4. The SMILES string of the molecule is CCn1ncc(Br)c1C(=O)c1c(F)cc(F)cc1F. The maximum absolute atomic E-state index is 13.6. The molecule has 0 aliphatic heterocycles. The van der Waals surface area contributed by atoms with Crippen LogP contribution in [0.25, 0.3) is 0 Å². The van der Waals surface area contributed by atoms with Crippen LogP contribution in [0.5, 0.6) is 0 Å². The van der Waals surface area contributed by atoms with Gasteiger partial charge >= 0.3 is 0 Å². The first-order valence-corrected chi connectivity index (χ1v) is 6.15. The van der Waals surface area contributed by atoms with E-state index in [1.165, 1.54) is 10.9 Å². The van der Waals surface area contributed by atoms with E-state index in [1.54, 1.807) is 6.92 Å². The molecule has 19 heavy (non-hydrogen) atoms. The predicted molar refractivity (Wildman–Crippen MR) is 65.3 cm³/mol. The molecule has 7 heteroatoms. The molecule has 0 N–H and O–H groups in total. The maximum Gasteiger partial charge on any atom is 0.218 e. The van der Waals surface area contributed by atoms with Gasteiger partial charge in [-0.25, -0.2) is 13.2 Å². The van der Waals surface area contributed by atoms with Crippen molar-refractivity contribution < 1.29 is 18.0 Å². The molecule has 0 bridgehead atoms. The molecule has 0 saturated heterocycles. The van der Waals surface area contributed by atoms with Crippen molar-refractivity contribution in [3.63, 3.8) is 0 Å². The van der Waals surface area contributed by atoms with Crippen molar-refractivity contribution in [2.75, 3.05) is 0 Å². The number of carbonyl (C=O) groups is 1. The lowest BCUT2D eigenvalue weighted by atomic mass is 10.1. The van der Waals surface area contributed by atoms with Gasteiger partial charge in [-0.3, -0.25) is 9.48 Å². The molecule has 0 radical (unpaired) electrons. The van der Waals surface area contributed by atoms with E-state index in [1.807, 2.05) is 0 Å². The molecule has 100 valence electrons. The first-order valence-electron chi connectivity index (χ1n) is 5.36. The summed E-state index contributed by atoms with van der Waals surface area (Å²) in [5.74, 6) is -4.44. The Kier molecular flexibility index (Phi) is 3.75. The summed E-state index contributed by atoms with van der Waals surface area (Å²) in [6, 6.07) is 0.938.